The van der Waals surface area contributed by atoms with Crippen molar-refractivity contribution in [2.24, 2.45) is 0 Å². The van der Waals surface area contributed by atoms with Crippen molar-refractivity contribution < 1.29 is 18.7 Å². The summed E-state index contributed by atoms with van der Waals surface area (Å²) in [6.45, 7) is 6.53. The van der Waals surface area contributed by atoms with Crippen molar-refractivity contribution in [1.29, 1.82) is 0 Å². The van der Waals surface area contributed by atoms with Gasteiger partial charge in [-0.05, 0) is 45.4 Å². The molecule has 2 aromatic rings. The van der Waals surface area contributed by atoms with Crippen LogP contribution in [0.15, 0.2) is 18.2 Å². The Labute approximate surface area is 181 Å². The molecule has 8 heteroatoms. The highest BCUT2D eigenvalue weighted by Crippen LogP contribution is 2.34. The minimum Gasteiger partial charge on any atom is -0.493 e. The van der Waals surface area contributed by atoms with Gasteiger partial charge in [-0.25, -0.2) is 9.37 Å². The number of methoxy groups -OCH3 is 1. The lowest BCUT2D eigenvalue weighted by Gasteiger charge is -2.37. The van der Waals surface area contributed by atoms with E-state index in [1.807, 2.05) is 18.7 Å². The van der Waals surface area contributed by atoms with E-state index in [2.05, 4.69) is 10.3 Å². The number of hydrogen-bond acceptors (Lipinski definition) is 5. The molecule has 0 radical (unpaired) electrons. The van der Waals surface area contributed by atoms with Crippen molar-refractivity contribution in [3.63, 3.8) is 0 Å². The summed E-state index contributed by atoms with van der Waals surface area (Å²) in [4.78, 5) is 19.7. The van der Waals surface area contributed by atoms with Crippen LogP contribution in [0.2, 0.25) is 5.02 Å². The molecule has 6 nitrogen and oxygen atoms in total. The van der Waals surface area contributed by atoms with Crippen LogP contribution < -0.4 is 10.1 Å². The fourth-order valence-corrected chi connectivity index (χ4v) is 4.11. The number of fused-ring (bicyclic) bond motifs is 1. The second-order valence-corrected chi connectivity index (χ2v) is 8.17. The van der Waals surface area contributed by atoms with Crippen molar-refractivity contribution in [2.45, 2.75) is 45.2 Å². The van der Waals surface area contributed by atoms with Crippen LogP contribution in [0.3, 0.4) is 0 Å². The maximum atomic E-state index is 14.6. The number of halogens is 2. The Bertz CT molecular complexity index is 888. The molecule has 1 N–H and O–H groups in total. The molecule has 0 saturated carbocycles. The lowest BCUT2D eigenvalue weighted by Crippen LogP contribution is -2.51. The summed E-state index contributed by atoms with van der Waals surface area (Å²) in [5.41, 5.74) is 0.199. The second-order valence-electron chi connectivity index (χ2n) is 7.76. The van der Waals surface area contributed by atoms with Gasteiger partial charge in [-0.2, -0.15) is 0 Å². The summed E-state index contributed by atoms with van der Waals surface area (Å²) in [6.07, 6.45) is 2.58. The standard InChI is InChI=1S/C22H29ClFN3O3/c1-14(2)27(15-6-4-9-25-13-15)22(28)18-12-19(30-11-5-10-29-3)20-16(23)7-8-17(24)21(20)26-18/h7-8,12,14-15,25H,4-6,9-11,13H2,1-3H3/t15-/m1/s1. The number of piperidine rings is 1. The molecule has 1 amide bonds. The fourth-order valence-electron chi connectivity index (χ4n) is 3.87. The first-order valence-electron chi connectivity index (χ1n) is 10.4. The van der Waals surface area contributed by atoms with Crippen molar-refractivity contribution in [3.05, 3.63) is 34.7 Å². The smallest absolute Gasteiger partial charge is 0.273 e. The van der Waals surface area contributed by atoms with Gasteiger partial charge in [0.15, 0.2) is 0 Å². The zero-order valence-corrected chi connectivity index (χ0v) is 18.5. The van der Waals surface area contributed by atoms with Gasteiger partial charge in [0.2, 0.25) is 0 Å². The Morgan fingerprint density at radius 3 is 2.87 bits per heavy atom. The molecule has 1 atom stereocenters. The molecular weight excluding hydrogens is 409 g/mol. The predicted molar refractivity (Wildman–Crippen MR) is 116 cm³/mol. The summed E-state index contributed by atoms with van der Waals surface area (Å²) in [6, 6.07) is 4.35. The average molecular weight is 438 g/mol. The van der Waals surface area contributed by atoms with Gasteiger partial charge in [0, 0.05) is 44.8 Å². The van der Waals surface area contributed by atoms with Gasteiger partial charge in [0.1, 0.15) is 22.8 Å². The van der Waals surface area contributed by atoms with Crippen molar-refractivity contribution >= 4 is 28.4 Å². The SMILES string of the molecule is COCCCOc1cc(C(=O)N(C(C)C)[C@@H]2CCCNC2)nc2c(F)ccc(Cl)c12. The van der Waals surface area contributed by atoms with E-state index in [0.29, 0.717) is 35.8 Å². The average Bonchev–Trinajstić information content (AvgIpc) is 2.74. The number of aromatic nitrogens is 1. The molecule has 30 heavy (non-hydrogen) atoms. The molecule has 1 aromatic heterocycles. The molecule has 0 unspecified atom stereocenters. The third-order valence-electron chi connectivity index (χ3n) is 5.25. The van der Waals surface area contributed by atoms with Crippen molar-refractivity contribution in [1.82, 2.24) is 15.2 Å². The predicted octanol–water partition coefficient (Wildman–Crippen LogP) is 4.05. The molecule has 1 saturated heterocycles. The molecule has 3 rings (SSSR count). The maximum Gasteiger partial charge on any atom is 0.273 e. The number of benzene rings is 1. The molecule has 1 fully saturated rings. The Morgan fingerprint density at radius 2 is 2.20 bits per heavy atom. The van der Waals surface area contributed by atoms with E-state index >= 15 is 0 Å². The summed E-state index contributed by atoms with van der Waals surface area (Å²) < 4.78 is 25.5. The van der Waals surface area contributed by atoms with Crippen LogP contribution in [0.5, 0.6) is 5.75 Å². The highest BCUT2D eigenvalue weighted by Gasteiger charge is 2.30. The maximum absolute atomic E-state index is 14.6. The number of amides is 1. The second kappa shape index (κ2) is 10.4. The van der Waals surface area contributed by atoms with Gasteiger partial charge in [-0.3, -0.25) is 4.79 Å². The first kappa shape index (κ1) is 22.7. The third kappa shape index (κ3) is 5.02. The molecule has 164 valence electrons. The van der Waals surface area contributed by atoms with E-state index < -0.39 is 5.82 Å². The Kier molecular flexibility index (Phi) is 7.86. The number of nitrogens with zero attached hydrogens (tertiary/aromatic N) is 2. The molecular formula is C22H29ClFN3O3. The van der Waals surface area contributed by atoms with Crippen LogP contribution in [-0.4, -0.2) is 61.3 Å². The molecule has 1 aliphatic rings. The van der Waals surface area contributed by atoms with Gasteiger partial charge >= 0.3 is 0 Å². The van der Waals surface area contributed by atoms with Crippen LogP contribution in [0, 0.1) is 5.82 Å². The van der Waals surface area contributed by atoms with E-state index in [9.17, 15) is 9.18 Å². The molecule has 0 aliphatic carbocycles. The monoisotopic (exact) mass is 437 g/mol. The zero-order chi connectivity index (χ0) is 21.7. The van der Waals surface area contributed by atoms with Crippen molar-refractivity contribution in [3.8, 4) is 5.75 Å². The lowest BCUT2D eigenvalue weighted by atomic mass is 10.0. The minimum absolute atomic E-state index is 0.0184. The van der Waals surface area contributed by atoms with Crippen LogP contribution in [0.1, 0.15) is 43.6 Å². The molecule has 1 aliphatic heterocycles. The first-order chi connectivity index (χ1) is 14.4. The number of nitrogens with one attached hydrogen (secondary N) is 1. The largest absolute Gasteiger partial charge is 0.493 e. The van der Waals surface area contributed by atoms with Crippen LogP contribution in [0.25, 0.3) is 10.9 Å². The van der Waals surface area contributed by atoms with Gasteiger partial charge < -0.3 is 19.7 Å². The highest BCUT2D eigenvalue weighted by molar-refractivity contribution is 6.36. The topological polar surface area (TPSA) is 63.7 Å². The van der Waals surface area contributed by atoms with E-state index in [1.54, 1.807) is 13.2 Å². The van der Waals surface area contributed by atoms with Crippen LogP contribution in [-0.2, 0) is 4.74 Å². The van der Waals surface area contributed by atoms with E-state index in [4.69, 9.17) is 21.1 Å². The summed E-state index contributed by atoms with van der Waals surface area (Å²) in [5, 5.41) is 4.05. The number of carbonyl (C=O) groups excluding carboxylic acids is 1. The number of pyridine rings is 1. The number of hydrogen-bond donors (Lipinski definition) is 1. The van der Waals surface area contributed by atoms with Crippen LogP contribution >= 0.6 is 11.6 Å². The summed E-state index contributed by atoms with van der Waals surface area (Å²) in [5.74, 6) is -0.419. The minimum atomic E-state index is -0.541. The molecule has 0 bridgehead atoms. The Morgan fingerprint density at radius 1 is 1.40 bits per heavy atom. The van der Waals surface area contributed by atoms with Crippen molar-refractivity contribution in [2.75, 3.05) is 33.4 Å². The van der Waals surface area contributed by atoms with Gasteiger partial charge in [0.05, 0.1) is 17.0 Å². The van der Waals surface area contributed by atoms with E-state index in [0.717, 1.165) is 25.9 Å². The summed E-state index contributed by atoms with van der Waals surface area (Å²) >= 11 is 6.33. The van der Waals surface area contributed by atoms with E-state index in [1.165, 1.54) is 12.1 Å². The number of ether oxygens (including phenoxy) is 2. The lowest BCUT2D eigenvalue weighted by molar-refractivity contribution is 0.0567. The fraction of sp³-hybridized carbons (Fsp3) is 0.545. The molecule has 2 heterocycles. The molecule has 0 spiro atoms. The number of carbonyl (C=O) groups is 1. The number of rotatable bonds is 8. The Hall–Kier alpha value is -1.96. The first-order valence-corrected chi connectivity index (χ1v) is 10.8. The van der Waals surface area contributed by atoms with E-state index in [-0.39, 0.29) is 29.2 Å². The quantitative estimate of drug-likeness (QED) is 0.631. The van der Waals surface area contributed by atoms with Crippen LogP contribution in [0.4, 0.5) is 4.39 Å². The third-order valence-corrected chi connectivity index (χ3v) is 5.56. The highest BCUT2D eigenvalue weighted by atomic mass is 35.5. The molecule has 1 aromatic carbocycles. The van der Waals surface area contributed by atoms with Gasteiger partial charge in [0.25, 0.3) is 5.91 Å². The normalized spacial score (nSPS) is 16.8. The van der Waals surface area contributed by atoms with Gasteiger partial charge in [-0.15, -0.1) is 0 Å². The summed E-state index contributed by atoms with van der Waals surface area (Å²) in [7, 11) is 1.62. The zero-order valence-electron chi connectivity index (χ0n) is 17.7. The van der Waals surface area contributed by atoms with Gasteiger partial charge in [-0.1, -0.05) is 11.6 Å². The Balaban J connectivity index is 2.01.